The van der Waals surface area contributed by atoms with Crippen LogP contribution in [0, 0.1) is 0 Å². The van der Waals surface area contributed by atoms with Gasteiger partial charge in [0.25, 0.3) is 0 Å². The molecule has 0 unspecified atom stereocenters. The maximum absolute atomic E-state index is 10.7. The zero-order valence-electron chi connectivity index (χ0n) is 6.03. The van der Waals surface area contributed by atoms with Crippen molar-refractivity contribution in [2.24, 2.45) is 5.73 Å². The lowest BCUT2D eigenvalue weighted by molar-refractivity contribution is 0.315. The van der Waals surface area contributed by atoms with Crippen LogP contribution in [0.2, 0.25) is 0 Å². The van der Waals surface area contributed by atoms with Crippen LogP contribution < -0.4 is 10.5 Å². The minimum Gasteiger partial charge on any atom is -0.375 e. The zero-order valence-corrected chi connectivity index (χ0v) is 7.67. The molecule has 0 aromatic heterocycles. The summed E-state index contributed by atoms with van der Waals surface area (Å²) < 4.78 is 27.6. The number of nitrogens with two attached hydrogens (primary N) is 1. The van der Waals surface area contributed by atoms with Gasteiger partial charge in [-0.15, -0.1) is 0 Å². The van der Waals surface area contributed by atoms with Gasteiger partial charge in [0, 0.05) is 0 Å². The maximum atomic E-state index is 10.7. The minimum absolute atomic E-state index is 0.123. The van der Waals surface area contributed by atoms with Crippen LogP contribution in [0.25, 0.3) is 0 Å². The summed E-state index contributed by atoms with van der Waals surface area (Å²) in [4.78, 5) is 0. The smallest absolute Gasteiger partial charge is 0.361 e. The largest absolute Gasteiger partial charge is 0.375 e. The van der Waals surface area contributed by atoms with Crippen LogP contribution in [0.15, 0.2) is 0 Å². The van der Waals surface area contributed by atoms with Gasteiger partial charge in [0.1, 0.15) is 0 Å². The molecule has 11 heavy (non-hydrogen) atoms. The first-order chi connectivity index (χ1) is 4.98. The van der Waals surface area contributed by atoms with E-state index in [0.717, 1.165) is 0 Å². The maximum Gasteiger partial charge on any atom is 0.361 e. The highest BCUT2D eigenvalue weighted by molar-refractivity contribution is 7.88. The molecular weight excluding hydrogens is 188 g/mol. The van der Waals surface area contributed by atoms with Crippen molar-refractivity contribution < 1.29 is 12.6 Å². The van der Waals surface area contributed by atoms with Gasteiger partial charge in [0.15, 0.2) is 5.11 Å². The van der Waals surface area contributed by atoms with Gasteiger partial charge in [0.2, 0.25) is 0 Å². The van der Waals surface area contributed by atoms with Crippen molar-refractivity contribution in [2.75, 3.05) is 6.61 Å². The van der Waals surface area contributed by atoms with Crippen LogP contribution in [-0.2, 0) is 14.5 Å². The quantitative estimate of drug-likeness (QED) is 0.595. The molecule has 3 N–H and O–H groups in total. The Morgan fingerprint density at radius 2 is 2.27 bits per heavy atom. The van der Waals surface area contributed by atoms with Gasteiger partial charge in [-0.1, -0.05) is 6.92 Å². The molecule has 0 amide bonds. The second-order valence-electron chi connectivity index (χ2n) is 1.74. The first-order valence-electron chi connectivity index (χ1n) is 2.94. The average molecular weight is 198 g/mol. The molecule has 0 heterocycles. The molecule has 0 bridgehead atoms. The van der Waals surface area contributed by atoms with E-state index in [2.05, 4.69) is 16.4 Å². The van der Waals surface area contributed by atoms with E-state index in [1.165, 1.54) is 0 Å². The molecule has 0 radical (unpaired) electrons. The molecule has 0 fully saturated rings. The Bertz CT molecular complexity index is 223. The van der Waals surface area contributed by atoms with Crippen molar-refractivity contribution in [3.63, 3.8) is 0 Å². The fraction of sp³-hybridized carbons (Fsp3) is 0.750. The summed E-state index contributed by atoms with van der Waals surface area (Å²) in [6.07, 6.45) is 0.609. The Labute approximate surface area is 71.2 Å². The molecule has 0 aromatic rings. The minimum atomic E-state index is -3.76. The molecule has 0 atom stereocenters. The molecule has 0 aliphatic rings. The Balaban J connectivity index is 3.92. The van der Waals surface area contributed by atoms with Gasteiger partial charge in [0.05, 0.1) is 6.61 Å². The van der Waals surface area contributed by atoms with Crippen LogP contribution >= 0.6 is 12.2 Å². The molecule has 0 aliphatic heterocycles. The number of rotatable bonds is 4. The van der Waals surface area contributed by atoms with E-state index >= 15 is 0 Å². The van der Waals surface area contributed by atoms with Gasteiger partial charge in [-0.3, -0.25) is 4.18 Å². The van der Waals surface area contributed by atoms with E-state index in [1.54, 1.807) is 6.92 Å². The molecule has 7 heteroatoms. The van der Waals surface area contributed by atoms with Gasteiger partial charge < -0.3 is 5.73 Å². The van der Waals surface area contributed by atoms with Crippen molar-refractivity contribution in [3.05, 3.63) is 0 Å². The molecule has 0 rings (SSSR count). The third kappa shape index (κ3) is 6.02. The molecule has 0 saturated carbocycles. The highest BCUT2D eigenvalue weighted by Gasteiger charge is 2.08. The van der Waals surface area contributed by atoms with Crippen LogP contribution in [0.3, 0.4) is 0 Å². The van der Waals surface area contributed by atoms with Crippen LogP contribution in [0.5, 0.6) is 0 Å². The van der Waals surface area contributed by atoms with E-state index in [1.807, 2.05) is 4.72 Å². The van der Waals surface area contributed by atoms with E-state index in [0.29, 0.717) is 6.42 Å². The Morgan fingerprint density at radius 3 is 2.64 bits per heavy atom. The molecule has 5 nitrogen and oxygen atoms in total. The number of hydrogen-bond donors (Lipinski definition) is 2. The molecular formula is C4H10N2O3S2. The van der Waals surface area contributed by atoms with Crippen molar-refractivity contribution in [1.29, 1.82) is 0 Å². The Kier molecular flexibility index (Phi) is 4.31. The van der Waals surface area contributed by atoms with Crippen molar-refractivity contribution in [1.82, 2.24) is 4.72 Å². The molecule has 0 aliphatic carbocycles. The van der Waals surface area contributed by atoms with Crippen LogP contribution in [-0.4, -0.2) is 20.1 Å². The monoisotopic (exact) mass is 198 g/mol. The van der Waals surface area contributed by atoms with E-state index in [-0.39, 0.29) is 11.7 Å². The SMILES string of the molecule is CCCOS(=O)(=O)NC(N)=S. The van der Waals surface area contributed by atoms with Gasteiger partial charge in [-0.25, -0.2) is 4.72 Å². The molecule has 66 valence electrons. The van der Waals surface area contributed by atoms with Crippen LogP contribution in [0.4, 0.5) is 0 Å². The molecule has 0 saturated heterocycles. The summed E-state index contributed by atoms with van der Waals surface area (Å²) >= 11 is 4.30. The lowest BCUT2D eigenvalue weighted by atomic mass is 10.5. The second kappa shape index (κ2) is 4.47. The third-order valence-corrected chi connectivity index (χ3v) is 1.85. The first kappa shape index (κ1) is 10.6. The summed E-state index contributed by atoms with van der Waals surface area (Å²) in [5.74, 6) is 0. The number of thiocarbonyl (C=S) groups is 1. The highest BCUT2D eigenvalue weighted by Crippen LogP contribution is 1.88. The topological polar surface area (TPSA) is 81.4 Å². The average Bonchev–Trinajstić information content (AvgIpc) is 1.81. The van der Waals surface area contributed by atoms with Gasteiger partial charge in [-0.05, 0) is 18.6 Å². The molecule has 0 spiro atoms. The van der Waals surface area contributed by atoms with Crippen molar-refractivity contribution in [3.8, 4) is 0 Å². The summed E-state index contributed by atoms with van der Waals surface area (Å²) in [6.45, 7) is 1.91. The molecule has 0 aromatic carbocycles. The number of nitrogens with one attached hydrogen (secondary N) is 1. The van der Waals surface area contributed by atoms with Gasteiger partial charge in [-0.2, -0.15) is 8.42 Å². The predicted molar refractivity (Wildman–Crippen MR) is 45.1 cm³/mol. The van der Waals surface area contributed by atoms with Crippen molar-refractivity contribution >= 4 is 27.6 Å². The lowest BCUT2D eigenvalue weighted by Crippen LogP contribution is -2.36. The lowest BCUT2D eigenvalue weighted by Gasteiger charge is -2.03. The van der Waals surface area contributed by atoms with E-state index < -0.39 is 10.3 Å². The Hall–Kier alpha value is -0.400. The van der Waals surface area contributed by atoms with Gasteiger partial charge >= 0.3 is 10.3 Å². The standard InChI is InChI=1S/C4H10N2O3S2/c1-2-3-9-11(7,8)6-4(5)10/h2-3H2,1H3,(H3,5,6,10). The fourth-order valence-corrected chi connectivity index (χ4v) is 1.34. The van der Waals surface area contributed by atoms with Crippen LogP contribution in [0.1, 0.15) is 13.3 Å². The van der Waals surface area contributed by atoms with E-state index in [4.69, 9.17) is 5.73 Å². The third-order valence-electron chi connectivity index (χ3n) is 0.668. The fourth-order valence-electron chi connectivity index (χ4n) is 0.346. The zero-order chi connectivity index (χ0) is 8.91. The summed E-state index contributed by atoms with van der Waals surface area (Å²) in [5.41, 5.74) is 4.91. The summed E-state index contributed by atoms with van der Waals surface area (Å²) in [7, 11) is -3.76. The Morgan fingerprint density at radius 1 is 1.73 bits per heavy atom. The number of hydrogen-bond acceptors (Lipinski definition) is 4. The predicted octanol–water partition coefficient (Wildman–Crippen LogP) is -0.509. The normalized spacial score (nSPS) is 11.0. The summed E-state index contributed by atoms with van der Waals surface area (Å²) in [6, 6.07) is 0. The van der Waals surface area contributed by atoms with Crippen molar-refractivity contribution in [2.45, 2.75) is 13.3 Å². The highest BCUT2D eigenvalue weighted by atomic mass is 32.2. The van der Waals surface area contributed by atoms with E-state index in [9.17, 15) is 8.42 Å². The summed E-state index contributed by atoms with van der Waals surface area (Å²) in [5, 5.41) is -0.318. The second-order valence-corrected chi connectivity index (χ2v) is 3.53. The first-order valence-corrected chi connectivity index (χ1v) is 4.76.